The first-order valence-corrected chi connectivity index (χ1v) is 7.87. The van der Waals surface area contributed by atoms with Crippen molar-refractivity contribution in [1.29, 1.82) is 0 Å². The average molecular weight is 321 g/mol. The molecule has 2 rings (SSSR count). The number of para-hydroxylation sites is 2. The van der Waals surface area contributed by atoms with E-state index in [0.29, 0.717) is 24.5 Å². The lowest BCUT2D eigenvalue weighted by Crippen LogP contribution is -2.30. The lowest BCUT2D eigenvalue weighted by atomic mass is 10.1. The minimum Gasteiger partial charge on any atom is -0.493 e. The second-order valence-electron chi connectivity index (χ2n) is 4.65. The number of aliphatic hydroxyl groups excluding tert-OH is 1. The molecule has 2 aromatic rings. The number of hydrogen-bond acceptors (Lipinski definition) is 5. The third-order valence-electron chi connectivity index (χ3n) is 3.10. The van der Waals surface area contributed by atoms with Gasteiger partial charge in [-0.2, -0.15) is 11.3 Å². The molecule has 1 amide bonds. The Bertz CT molecular complexity index is 586. The van der Waals surface area contributed by atoms with Crippen LogP contribution in [0, 0.1) is 0 Å². The highest BCUT2D eigenvalue weighted by Gasteiger charge is 2.10. The number of benzene rings is 1. The van der Waals surface area contributed by atoms with Gasteiger partial charge in [-0.15, -0.1) is 0 Å². The van der Waals surface area contributed by atoms with Crippen LogP contribution in [0.15, 0.2) is 41.1 Å². The number of amides is 1. The Labute approximate surface area is 133 Å². The van der Waals surface area contributed by atoms with Crippen molar-refractivity contribution in [2.45, 2.75) is 12.5 Å². The molecule has 2 N–H and O–H groups in total. The van der Waals surface area contributed by atoms with Crippen LogP contribution < -0.4 is 14.8 Å². The molecule has 0 radical (unpaired) electrons. The summed E-state index contributed by atoms with van der Waals surface area (Å²) in [6.07, 6.45) is -0.0846. The molecule has 0 bridgehead atoms. The molecule has 0 saturated heterocycles. The zero-order valence-corrected chi connectivity index (χ0v) is 13.1. The number of carbonyl (C=O) groups is 1. The SMILES string of the molecule is COc1ccccc1OCC(=O)NCCC(O)c1ccsc1. The topological polar surface area (TPSA) is 67.8 Å². The summed E-state index contributed by atoms with van der Waals surface area (Å²) >= 11 is 1.54. The Morgan fingerprint density at radius 3 is 2.77 bits per heavy atom. The summed E-state index contributed by atoms with van der Waals surface area (Å²) in [5, 5.41) is 16.4. The molecule has 1 atom stereocenters. The van der Waals surface area contributed by atoms with Crippen molar-refractivity contribution in [3.63, 3.8) is 0 Å². The van der Waals surface area contributed by atoms with Gasteiger partial charge in [-0.3, -0.25) is 4.79 Å². The highest BCUT2D eigenvalue weighted by Crippen LogP contribution is 2.25. The van der Waals surface area contributed by atoms with Gasteiger partial charge in [0.15, 0.2) is 18.1 Å². The van der Waals surface area contributed by atoms with Crippen molar-refractivity contribution in [1.82, 2.24) is 5.32 Å². The molecule has 0 aliphatic carbocycles. The van der Waals surface area contributed by atoms with Gasteiger partial charge in [0, 0.05) is 6.54 Å². The van der Waals surface area contributed by atoms with Crippen molar-refractivity contribution in [2.24, 2.45) is 0 Å². The fourth-order valence-corrected chi connectivity index (χ4v) is 2.62. The third kappa shape index (κ3) is 4.75. The maximum Gasteiger partial charge on any atom is 0.257 e. The van der Waals surface area contributed by atoms with Crippen LogP contribution in [0.5, 0.6) is 11.5 Å². The van der Waals surface area contributed by atoms with Gasteiger partial charge in [-0.25, -0.2) is 0 Å². The first-order chi connectivity index (χ1) is 10.7. The molecule has 1 aromatic carbocycles. The predicted molar refractivity (Wildman–Crippen MR) is 85.4 cm³/mol. The summed E-state index contributed by atoms with van der Waals surface area (Å²) < 4.78 is 10.6. The van der Waals surface area contributed by atoms with E-state index in [-0.39, 0.29) is 12.5 Å². The number of aliphatic hydroxyl groups is 1. The van der Waals surface area contributed by atoms with Crippen LogP contribution >= 0.6 is 11.3 Å². The molecule has 6 heteroatoms. The molecule has 5 nitrogen and oxygen atoms in total. The smallest absolute Gasteiger partial charge is 0.257 e. The maximum atomic E-state index is 11.7. The number of thiophene rings is 1. The van der Waals surface area contributed by atoms with E-state index in [4.69, 9.17) is 9.47 Å². The molecular weight excluding hydrogens is 302 g/mol. The van der Waals surface area contributed by atoms with Crippen molar-refractivity contribution in [3.05, 3.63) is 46.7 Å². The second kappa shape index (κ2) is 8.41. The first kappa shape index (κ1) is 16.3. The highest BCUT2D eigenvalue weighted by atomic mass is 32.1. The Morgan fingerprint density at radius 1 is 1.32 bits per heavy atom. The fraction of sp³-hybridized carbons (Fsp3) is 0.312. The van der Waals surface area contributed by atoms with E-state index < -0.39 is 6.10 Å². The lowest BCUT2D eigenvalue weighted by molar-refractivity contribution is -0.123. The Kier molecular flexibility index (Phi) is 6.24. The van der Waals surface area contributed by atoms with Crippen molar-refractivity contribution in [3.8, 4) is 11.5 Å². The van der Waals surface area contributed by atoms with Gasteiger partial charge in [0.25, 0.3) is 5.91 Å². The molecule has 118 valence electrons. The highest BCUT2D eigenvalue weighted by molar-refractivity contribution is 7.07. The van der Waals surface area contributed by atoms with E-state index in [0.717, 1.165) is 5.56 Å². The molecule has 1 aromatic heterocycles. The Hall–Kier alpha value is -2.05. The van der Waals surface area contributed by atoms with Crippen LogP contribution in [0.2, 0.25) is 0 Å². The van der Waals surface area contributed by atoms with Gasteiger partial charge < -0.3 is 19.9 Å². The Balaban J connectivity index is 1.70. The summed E-state index contributed by atoms with van der Waals surface area (Å²) in [6.45, 7) is 0.306. The van der Waals surface area contributed by atoms with Gasteiger partial charge in [-0.1, -0.05) is 12.1 Å². The number of nitrogens with one attached hydrogen (secondary N) is 1. The van der Waals surface area contributed by atoms with Gasteiger partial charge >= 0.3 is 0 Å². The first-order valence-electron chi connectivity index (χ1n) is 6.93. The van der Waals surface area contributed by atoms with Crippen LogP contribution in [-0.2, 0) is 4.79 Å². The quantitative estimate of drug-likeness (QED) is 0.783. The van der Waals surface area contributed by atoms with E-state index >= 15 is 0 Å². The van der Waals surface area contributed by atoms with E-state index in [1.807, 2.05) is 29.0 Å². The van der Waals surface area contributed by atoms with Gasteiger partial charge in [0.2, 0.25) is 0 Å². The van der Waals surface area contributed by atoms with E-state index in [9.17, 15) is 9.90 Å². The minimum atomic E-state index is -0.554. The molecule has 0 aliphatic rings. The summed E-state index contributed by atoms with van der Waals surface area (Å²) in [5.74, 6) is 0.880. The zero-order chi connectivity index (χ0) is 15.8. The number of rotatable bonds is 8. The fourth-order valence-electron chi connectivity index (χ4n) is 1.91. The summed E-state index contributed by atoms with van der Waals surface area (Å²) in [5.41, 5.74) is 0.879. The zero-order valence-electron chi connectivity index (χ0n) is 12.3. The second-order valence-corrected chi connectivity index (χ2v) is 5.43. The molecule has 1 heterocycles. The number of methoxy groups -OCH3 is 1. The van der Waals surface area contributed by atoms with Crippen LogP contribution in [0.3, 0.4) is 0 Å². The van der Waals surface area contributed by atoms with Gasteiger partial charge in [0.1, 0.15) is 0 Å². The summed E-state index contributed by atoms with van der Waals surface area (Å²) in [7, 11) is 1.55. The van der Waals surface area contributed by atoms with E-state index in [2.05, 4.69) is 5.32 Å². The van der Waals surface area contributed by atoms with Gasteiger partial charge in [-0.05, 0) is 40.9 Å². The predicted octanol–water partition coefficient (Wildman–Crippen LogP) is 2.38. The van der Waals surface area contributed by atoms with Crippen molar-refractivity contribution < 1.29 is 19.4 Å². The number of ether oxygens (including phenoxy) is 2. The van der Waals surface area contributed by atoms with Gasteiger partial charge in [0.05, 0.1) is 13.2 Å². The summed E-state index contributed by atoms with van der Waals surface area (Å²) in [4.78, 5) is 11.7. The molecule has 0 saturated carbocycles. The monoisotopic (exact) mass is 321 g/mol. The third-order valence-corrected chi connectivity index (χ3v) is 3.80. The van der Waals surface area contributed by atoms with Crippen molar-refractivity contribution in [2.75, 3.05) is 20.3 Å². The standard InChI is InChI=1S/C16H19NO4S/c1-20-14-4-2-3-5-15(14)21-10-16(19)17-8-6-13(18)12-7-9-22-11-12/h2-5,7,9,11,13,18H,6,8,10H2,1H3,(H,17,19). The lowest BCUT2D eigenvalue weighted by Gasteiger charge is -2.12. The average Bonchev–Trinajstić information content (AvgIpc) is 3.07. The molecule has 0 aliphatic heterocycles. The van der Waals surface area contributed by atoms with E-state index in [1.54, 1.807) is 19.2 Å². The van der Waals surface area contributed by atoms with Crippen LogP contribution in [0.25, 0.3) is 0 Å². The maximum absolute atomic E-state index is 11.7. The van der Waals surface area contributed by atoms with Crippen molar-refractivity contribution >= 4 is 17.2 Å². The summed E-state index contributed by atoms with van der Waals surface area (Å²) in [6, 6.07) is 9.03. The largest absolute Gasteiger partial charge is 0.493 e. The molecule has 22 heavy (non-hydrogen) atoms. The van der Waals surface area contributed by atoms with Crippen LogP contribution in [0.1, 0.15) is 18.1 Å². The van der Waals surface area contributed by atoms with E-state index in [1.165, 1.54) is 11.3 Å². The van der Waals surface area contributed by atoms with Crippen LogP contribution in [-0.4, -0.2) is 31.3 Å². The molecule has 1 unspecified atom stereocenters. The normalized spacial score (nSPS) is 11.7. The molecular formula is C16H19NO4S. The minimum absolute atomic E-state index is 0.0884. The Morgan fingerprint density at radius 2 is 2.09 bits per heavy atom. The number of hydrogen-bond donors (Lipinski definition) is 2. The number of carbonyl (C=O) groups excluding carboxylic acids is 1. The molecule has 0 spiro atoms. The molecule has 0 fully saturated rings. The van der Waals surface area contributed by atoms with Crippen LogP contribution in [0.4, 0.5) is 0 Å².